The zero-order valence-electron chi connectivity index (χ0n) is 10.3. The van der Waals surface area contributed by atoms with Crippen molar-refractivity contribution < 1.29 is 15.0 Å². The predicted molar refractivity (Wildman–Crippen MR) is 71.3 cm³/mol. The Balaban J connectivity index is 2.05. The number of fused-ring (bicyclic) bond motifs is 1. The third kappa shape index (κ3) is 2.13. The van der Waals surface area contributed by atoms with Crippen molar-refractivity contribution in [3.8, 4) is 0 Å². The second kappa shape index (κ2) is 4.51. The molecule has 1 aromatic heterocycles. The molecule has 98 valence electrons. The molecule has 5 nitrogen and oxygen atoms in total. The Morgan fingerprint density at radius 2 is 2.11 bits per heavy atom. The first kappa shape index (κ1) is 11.9. The molecule has 1 aromatic carbocycles. The maximum absolute atomic E-state index is 10.9. The van der Waals surface area contributed by atoms with Gasteiger partial charge < -0.3 is 15.1 Å². The summed E-state index contributed by atoms with van der Waals surface area (Å²) in [5, 5.41) is 19.7. The molecule has 2 N–H and O–H groups in total. The van der Waals surface area contributed by atoms with Crippen LogP contribution in [-0.4, -0.2) is 33.9 Å². The third-order valence-corrected chi connectivity index (χ3v) is 3.45. The number of benzene rings is 1. The second-order valence-electron chi connectivity index (χ2n) is 4.69. The maximum Gasteiger partial charge on any atom is 0.354 e. The van der Waals surface area contributed by atoms with E-state index >= 15 is 0 Å². The highest BCUT2D eigenvalue weighted by molar-refractivity contribution is 5.90. The number of aromatic carboxylic acids is 1. The molecule has 1 saturated heterocycles. The van der Waals surface area contributed by atoms with E-state index in [0.29, 0.717) is 5.52 Å². The minimum absolute atomic E-state index is 0.0339. The zero-order valence-corrected chi connectivity index (χ0v) is 10.3. The van der Waals surface area contributed by atoms with Crippen molar-refractivity contribution in [3.05, 3.63) is 36.0 Å². The minimum atomic E-state index is -1.03. The Kier molecular flexibility index (Phi) is 2.83. The van der Waals surface area contributed by atoms with E-state index in [2.05, 4.69) is 4.98 Å². The van der Waals surface area contributed by atoms with Gasteiger partial charge in [-0.05, 0) is 31.0 Å². The molecule has 2 heterocycles. The Hall–Kier alpha value is -2.14. The molecule has 3 rings (SSSR count). The zero-order chi connectivity index (χ0) is 13.4. The Bertz CT molecular complexity index is 642. The lowest BCUT2D eigenvalue weighted by molar-refractivity contribution is 0.0691. The van der Waals surface area contributed by atoms with Crippen molar-refractivity contribution in [1.82, 2.24) is 4.98 Å². The number of aromatic nitrogens is 1. The summed E-state index contributed by atoms with van der Waals surface area (Å²) in [7, 11) is 0. The summed E-state index contributed by atoms with van der Waals surface area (Å²) >= 11 is 0. The Morgan fingerprint density at radius 3 is 2.79 bits per heavy atom. The first-order valence-corrected chi connectivity index (χ1v) is 6.24. The van der Waals surface area contributed by atoms with Crippen molar-refractivity contribution in [2.75, 3.05) is 11.4 Å². The van der Waals surface area contributed by atoms with Crippen molar-refractivity contribution in [2.24, 2.45) is 0 Å². The molecule has 0 amide bonds. The van der Waals surface area contributed by atoms with E-state index in [1.54, 1.807) is 6.07 Å². The SMILES string of the molecule is O=C(O)c1ccc2ccc(N3CCCC3O)cc2n1. The lowest BCUT2D eigenvalue weighted by Crippen LogP contribution is -2.28. The van der Waals surface area contributed by atoms with Gasteiger partial charge >= 0.3 is 5.97 Å². The smallest absolute Gasteiger partial charge is 0.354 e. The summed E-state index contributed by atoms with van der Waals surface area (Å²) < 4.78 is 0. The number of aliphatic hydroxyl groups excluding tert-OH is 1. The summed E-state index contributed by atoms with van der Waals surface area (Å²) in [6.07, 6.45) is 1.27. The molecule has 5 heteroatoms. The highest BCUT2D eigenvalue weighted by atomic mass is 16.4. The molecule has 1 atom stereocenters. The van der Waals surface area contributed by atoms with Gasteiger partial charge in [-0.2, -0.15) is 0 Å². The van der Waals surface area contributed by atoms with Crippen LogP contribution in [0.15, 0.2) is 30.3 Å². The van der Waals surface area contributed by atoms with Crippen LogP contribution < -0.4 is 4.90 Å². The van der Waals surface area contributed by atoms with Crippen molar-refractivity contribution in [1.29, 1.82) is 0 Å². The number of carbonyl (C=O) groups is 1. The number of hydrogen-bond acceptors (Lipinski definition) is 4. The fourth-order valence-corrected chi connectivity index (χ4v) is 2.45. The molecule has 0 spiro atoms. The fraction of sp³-hybridized carbons (Fsp3) is 0.286. The molecule has 0 bridgehead atoms. The summed E-state index contributed by atoms with van der Waals surface area (Å²) in [6, 6.07) is 8.90. The van der Waals surface area contributed by atoms with E-state index in [4.69, 9.17) is 5.11 Å². The summed E-state index contributed by atoms with van der Waals surface area (Å²) in [4.78, 5) is 17.0. The number of carboxylic acid groups (broad SMARTS) is 1. The second-order valence-corrected chi connectivity index (χ2v) is 4.69. The van der Waals surface area contributed by atoms with Gasteiger partial charge in [-0.25, -0.2) is 9.78 Å². The van der Waals surface area contributed by atoms with Crippen LogP contribution in [0.5, 0.6) is 0 Å². The normalized spacial score (nSPS) is 19.0. The number of hydrogen-bond donors (Lipinski definition) is 2. The molecule has 1 aliphatic rings. The quantitative estimate of drug-likeness (QED) is 0.860. The first-order valence-electron chi connectivity index (χ1n) is 6.24. The average Bonchev–Trinajstić information content (AvgIpc) is 2.83. The van der Waals surface area contributed by atoms with Crippen LogP contribution in [0.1, 0.15) is 23.3 Å². The van der Waals surface area contributed by atoms with Gasteiger partial charge in [0.2, 0.25) is 0 Å². The standard InChI is InChI=1S/C14H14N2O3/c17-13-2-1-7-16(13)10-5-3-9-4-6-11(14(18)19)15-12(9)8-10/h3-6,8,13,17H,1-2,7H2,(H,18,19). The minimum Gasteiger partial charge on any atom is -0.477 e. The first-order chi connectivity index (χ1) is 9.15. The average molecular weight is 258 g/mol. The van der Waals surface area contributed by atoms with E-state index in [0.717, 1.165) is 30.5 Å². The van der Waals surface area contributed by atoms with Crippen molar-refractivity contribution >= 4 is 22.6 Å². The van der Waals surface area contributed by atoms with E-state index in [-0.39, 0.29) is 5.69 Å². The van der Waals surface area contributed by atoms with Crippen LogP contribution in [0.4, 0.5) is 5.69 Å². The topological polar surface area (TPSA) is 73.7 Å². The molecule has 1 unspecified atom stereocenters. The van der Waals surface area contributed by atoms with Gasteiger partial charge in [-0.3, -0.25) is 0 Å². The third-order valence-electron chi connectivity index (χ3n) is 3.45. The van der Waals surface area contributed by atoms with Gasteiger partial charge in [-0.1, -0.05) is 12.1 Å². The Morgan fingerprint density at radius 1 is 1.32 bits per heavy atom. The van der Waals surface area contributed by atoms with E-state index < -0.39 is 12.2 Å². The highest BCUT2D eigenvalue weighted by Crippen LogP contribution is 2.27. The number of anilines is 1. The van der Waals surface area contributed by atoms with Gasteiger partial charge in [-0.15, -0.1) is 0 Å². The number of nitrogens with zero attached hydrogens (tertiary/aromatic N) is 2. The van der Waals surface area contributed by atoms with Crippen LogP contribution in [0.3, 0.4) is 0 Å². The van der Waals surface area contributed by atoms with Gasteiger partial charge in [0.05, 0.1) is 5.52 Å². The van der Waals surface area contributed by atoms with Crippen LogP contribution in [-0.2, 0) is 0 Å². The summed E-state index contributed by atoms with van der Waals surface area (Å²) in [5.74, 6) is -1.03. The molecule has 19 heavy (non-hydrogen) atoms. The fourth-order valence-electron chi connectivity index (χ4n) is 2.45. The predicted octanol–water partition coefficient (Wildman–Crippen LogP) is 1.85. The van der Waals surface area contributed by atoms with Crippen LogP contribution in [0, 0.1) is 0 Å². The molecule has 1 aliphatic heterocycles. The number of carboxylic acids is 1. The molecule has 0 aliphatic carbocycles. The van der Waals surface area contributed by atoms with E-state index in [1.165, 1.54) is 6.07 Å². The molecule has 1 fully saturated rings. The molecular weight excluding hydrogens is 244 g/mol. The van der Waals surface area contributed by atoms with Gasteiger partial charge in [0.1, 0.15) is 11.9 Å². The maximum atomic E-state index is 10.9. The van der Waals surface area contributed by atoms with Crippen LogP contribution in [0.2, 0.25) is 0 Å². The number of rotatable bonds is 2. The van der Waals surface area contributed by atoms with Crippen LogP contribution >= 0.6 is 0 Å². The number of pyridine rings is 1. The van der Waals surface area contributed by atoms with Gasteiger partial charge in [0, 0.05) is 17.6 Å². The summed E-state index contributed by atoms with van der Waals surface area (Å²) in [5.41, 5.74) is 1.55. The lowest BCUT2D eigenvalue weighted by atomic mass is 10.1. The Labute approximate surface area is 110 Å². The molecule has 0 radical (unpaired) electrons. The monoisotopic (exact) mass is 258 g/mol. The van der Waals surface area contributed by atoms with Crippen LogP contribution in [0.25, 0.3) is 10.9 Å². The van der Waals surface area contributed by atoms with Crippen molar-refractivity contribution in [3.63, 3.8) is 0 Å². The number of aliphatic hydroxyl groups is 1. The van der Waals surface area contributed by atoms with Gasteiger partial charge in [0.25, 0.3) is 0 Å². The van der Waals surface area contributed by atoms with E-state index in [1.807, 2.05) is 23.1 Å². The molecule has 0 saturated carbocycles. The molecule has 2 aromatic rings. The summed E-state index contributed by atoms with van der Waals surface area (Å²) in [6.45, 7) is 0.811. The van der Waals surface area contributed by atoms with Gasteiger partial charge in [0.15, 0.2) is 0 Å². The molecular formula is C14H14N2O3. The van der Waals surface area contributed by atoms with Crippen molar-refractivity contribution in [2.45, 2.75) is 19.1 Å². The van der Waals surface area contributed by atoms with E-state index in [9.17, 15) is 9.90 Å². The highest BCUT2D eigenvalue weighted by Gasteiger charge is 2.22. The lowest BCUT2D eigenvalue weighted by Gasteiger charge is -2.22. The largest absolute Gasteiger partial charge is 0.477 e.